The standard InChI is InChI=1S/C16H24FNO2/c1-11(2)8-12(3)18(4)10-15(19)14-9-13(17)6-7-16(14)20-5/h6-7,9,11-12H,8,10H2,1-5H3. The normalized spacial score (nSPS) is 12.8. The van der Waals surface area contributed by atoms with Crippen LogP contribution in [0.3, 0.4) is 0 Å². The molecule has 0 saturated heterocycles. The van der Waals surface area contributed by atoms with E-state index in [9.17, 15) is 9.18 Å². The molecule has 0 aromatic heterocycles. The summed E-state index contributed by atoms with van der Waals surface area (Å²) in [5, 5.41) is 0. The van der Waals surface area contributed by atoms with Gasteiger partial charge in [-0.1, -0.05) is 13.8 Å². The quantitative estimate of drug-likeness (QED) is 0.718. The minimum absolute atomic E-state index is 0.126. The summed E-state index contributed by atoms with van der Waals surface area (Å²) in [7, 11) is 3.39. The molecular weight excluding hydrogens is 257 g/mol. The highest BCUT2D eigenvalue weighted by atomic mass is 19.1. The first-order valence-electron chi connectivity index (χ1n) is 6.92. The second-order valence-electron chi connectivity index (χ2n) is 5.66. The van der Waals surface area contributed by atoms with Gasteiger partial charge in [-0.3, -0.25) is 9.69 Å². The molecule has 0 spiro atoms. The lowest BCUT2D eigenvalue weighted by atomic mass is 10.0. The Kier molecular flexibility index (Phi) is 6.14. The van der Waals surface area contributed by atoms with E-state index in [0.29, 0.717) is 23.3 Å². The van der Waals surface area contributed by atoms with Gasteiger partial charge >= 0.3 is 0 Å². The molecule has 1 rings (SSSR count). The van der Waals surface area contributed by atoms with Gasteiger partial charge in [-0.2, -0.15) is 0 Å². The lowest BCUT2D eigenvalue weighted by molar-refractivity contribution is 0.0913. The van der Waals surface area contributed by atoms with Gasteiger partial charge in [0, 0.05) is 6.04 Å². The molecule has 0 fully saturated rings. The number of carbonyl (C=O) groups is 1. The van der Waals surface area contributed by atoms with Gasteiger partial charge in [0.05, 0.1) is 19.2 Å². The Bertz CT molecular complexity index is 460. The zero-order valence-corrected chi connectivity index (χ0v) is 12.9. The minimum atomic E-state index is -0.424. The first-order chi connectivity index (χ1) is 9.35. The first-order valence-corrected chi connectivity index (χ1v) is 6.92. The Labute approximate surface area is 120 Å². The number of likely N-dealkylation sites (N-methyl/N-ethyl adjacent to an activating group) is 1. The van der Waals surface area contributed by atoms with Crippen molar-refractivity contribution in [2.45, 2.75) is 33.2 Å². The number of ketones is 1. The molecule has 0 aliphatic rings. The predicted octanol–water partition coefficient (Wildman–Crippen LogP) is 3.38. The van der Waals surface area contributed by atoms with Crippen LogP contribution in [0.4, 0.5) is 4.39 Å². The van der Waals surface area contributed by atoms with Gasteiger partial charge in [-0.05, 0) is 44.5 Å². The van der Waals surface area contributed by atoms with Gasteiger partial charge in [0.1, 0.15) is 11.6 Å². The summed E-state index contributed by atoms with van der Waals surface area (Å²) in [6.45, 7) is 6.66. The van der Waals surface area contributed by atoms with Crippen LogP contribution < -0.4 is 4.74 Å². The Morgan fingerprint density at radius 2 is 2.00 bits per heavy atom. The molecule has 4 heteroatoms. The molecule has 0 amide bonds. The molecule has 0 saturated carbocycles. The summed E-state index contributed by atoms with van der Waals surface area (Å²) in [5.41, 5.74) is 0.302. The number of methoxy groups -OCH3 is 1. The Hall–Kier alpha value is -1.42. The van der Waals surface area contributed by atoms with Gasteiger partial charge in [0.15, 0.2) is 5.78 Å². The molecule has 3 nitrogen and oxygen atoms in total. The second-order valence-corrected chi connectivity index (χ2v) is 5.66. The molecule has 0 heterocycles. The van der Waals surface area contributed by atoms with Crippen molar-refractivity contribution < 1.29 is 13.9 Å². The third-order valence-corrected chi connectivity index (χ3v) is 3.42. The fourth-order valence-corrected chi connectivity index (χ4v) is 2.23. The van der Waals surface area contributed by atoms with Crippen molar-refractivity contribution >= 4 is 5.78 Å². The highest BCUT2D eigenvalue weighted by Crippen LogP contribution is 2.20. The van der Waals surface area contributed by atoms with Crippen molar-refractivity contribution in [2.75, 3.05) is 20.7 Å². The molecule has 1 aromatic carbocycles. The van der Waals surface area contributed by atoms with E-state index in [1.54, 1.807) is 0 Å². The first kappa shape index (κ1) is 16.6. The largest absolute Gasteiger partial charge is 0.496 e. The molecule has 1 atom stereocenters. The molecule has 0 radical (unpaired) electrons. The van der Waals surface area contributed by atoms with Crippen LogP contribution in [-0.2, 0) is 0 Å². The van der Waals surface area contributed by atoms with Gasteiger partial charge in [0.25, 0.3) is 0 Å². The lowest BCUT2D eigenvalue weighted by Gasteiger charge is -2.25. The molecule has 0 N–H and O–H groups in total. The van der Waals surface area contributed by atoms with E-state index >= 15 is 0 Å². The van der Waals surface area contributed by atoms with Crippen molar-refractivity contribution in [3.63, 3.8) is 0 Å². The Morgan fingerprint density at radius 3 is 2.55 bits per heavy atom. The van der Waals surface area contributed by atoms with E-state index in [2.05, 4.69) is 20.8 Å². The number of rotatable bonds is 7. The Balaban J connectivity index is 2.78. The predicted molar refractivity (Wildman–Crippen MR) is 78.8 cm³/mol. The van der Waals surface area contributed by atoms with Crippen LogP contribution >= 0.6 is 0 Å². The van der Waals surface area contributed by atoms with Crippen LogP contribution in [0.5, 0.6) is 5.75 Å². The van der Waals surface area contributed by atoms with Gasteiger partial charge in [-0.15, -0.1) is 0 Å². The number of hydrogen-bond acceptors (Lipinski definition) is 3. The van der Waals surface area contributed by atoms with Crippen LogP contribution in [0.15, 0.2) is 18.2 Å². The number of Topliss-reactive ketones (excluding diaryl/α,β-unsaturated/α-hetero) is 1. The van der Waals surface area contributed by atoms with Crippen LogP contribution in [-0.4, -0.2) is 37.4 Å². The fourth-order valence-electron chi connectivity index (χ4n) is 2.23. The number of carbonyl (C=O) groups excluding carboxylic acids is 1. The van der Waals surface area contributed by atoms with Crippen molar-refractivity contribution in [3.05, 3.63) is 29.6 Å². The molecule has 1 unspecified atom stereocenters. The van der Waals surface area contributed by atoms with Crippen molar-refractivity contribution in [1.82, 2.24) is 4.90 Å². The highest BCUT2D eigenvalue weighted by Gasteiger charge is 2.18. The summed E-state index contributed by atoms with van der Waals surface area (Å²) in [6.07, 6.45) is 1.02. The van der Waals surface area contributed by atoms with E-state index in [0.717, 1.165) is 6.42 Å². The lowest BCUT2D eigenvalue weighted by Crippen LogP contribution is -2.35. The number of hydrogen-bond donors (Lipinski definition) is 0. The van der Waals surface area contributed by atoms with Crippen molar-refractivity contribution in [2.24, 2.45) is 5.92 Å². The number of halogens is 1. The average molecular weight is 281 g/mol. The maximum atomic E-state index is 13.3. The zero-order chi connectivity index (χ0) is 15.3. The summed E-state index contributed by atoms with van der Waals surface area (Å²) < 4.78 is 18.4. The molecule has 0 aliphatic heterocycles. The minimum Gasteiger partial charge on any atom is -0.496 e. The van der Waals surface area contributed by atoms with Crippen LogP contribution in [0.2, 0.25) is 0 Å². The Morgan fingerprint density at radius 1 is 1.35 bits per heavy atom. The molecular formula is C16H24FNO2. The molecule has 112 valence electrons. The smallest absolute Gasteiger partial charge is 0.180 e. The molecule has 0 bridgehead atoms. The maximum absolute atomic E-state index is 13.3. The van der Waals surface area contributed by atoms with E-state index in [-0.39, 0.29) is 12.3 Å². The fraction of sp³-hybridized carbons (Fsp3) is 0.562. The number of ether oxygens (including phenoxy) is 1. The van der Waals surface area contributed by atoms with Crippen molar-refractivity contribution in [3.8, 4) is 5.75 Å². The number of nitrogens with zero attached hydrogens (tertiary/aromatic N) is 1. The monoisotopic (exact) mass is 281 g/mol. The number of benzene rings is 1. The van der Waals surface area contributed by atoms with Gasteiger partial charge in [-0.25, -0.2) is 4.39 Å². The zero-order valence-electron chi connectivity index (χ0n) is 12.9. The molecule has 1 aromatic rings. The highest BCUT2D eigenvalue weighted by molar-refractivity contribution is 6.00. The van der Waals surface area contributed by atoms with E-state index in [4.69, 9.17) is 4.74 Å². The third-order valence-electron chi connectivity index (χ3n) is 3.42. The molecule has 0 aliphatic carbocycles. The van der Waals surface area contributed by atoms with E-state index in [1.165, 1.54) is 25.3 Å². The summed E-state index contributed by atoms with van der Waals surface area (Å²) >= 11 is 0. The van der Waals surface area contributed by atoms with Gasteiger partial charge < -0.3 is 4.74 Å². The van der Waals surface area contributed by atoms with Crippen LogP contribution in [0.1, 0.15) is 37.6 Å². The second kappa shape index (κ2) is 7.39. The summed E-state index contributed by atoms with van der Waals surface area (Å²) in [4.78, 5) is 14.3. The van der Waals surface area contributed by atoms with Crippen molar-refractivity contribution in [1.29, 1.82) is 0 Å². The average Bonchev–Trinajstić information content (AvgIpc) is 2.37. The molecule has 20 heavy (non-hydrogen) atoms. The third kappa shape index (κ3) is 4.60. The summed E-state index contributed by atoms with van der Waals surface area (Å²) in [5.74, 6) is 0.444. The van der Waals surface area contributed by atoms with Crippen LogP contribution in [0, 0.1) is 11.7 Å². The van der Waals surface area contributed by atoms with E-state index in [1.807, 2.05) is 11.9 Å². The van der Waals surface area contributed by atoms with Crippen LogP contribution in [0.25, 0.3) is 0 Å². The van der Waals surface area contributed by atoms with E-state index < -0.39 is 5.82 Å². The summed E-state index contributed by atoms with van der Waals surface area (Å²) in [6, 6.07) is 4.32. The SMILES string of the molecule is COc1ccc(F)cc1C(=O)CN(C)C(C)CC(C)C. The topological polar surface area (TPSA) is 29.5 Å². The maximum Gasteiger partial charge on any atom is 0.180 e. The van der Waals surface area contributed by atoms with Gasteiger partial charge in [0.2, 0.25) is 0 Å².